The molecule has 0 amide bonds. The molecule has 0 atom stereocenters. The molecule has 0 radical (unpaired) electrons. The third-order valence-electron chi connectivity index (χ3n) is 1.16. The van der Waals surface area contributed by atoms with Crippen LogP contribution >= 0.6 is 11.6 Å². The maximum atomic E-state index is 12.4. The van der Waals surface area contributed by atoms with E-state index >= 15 is 0 Å². The minimum Gasteiger partial charge on any atom is -0.217 e. The highest BCUT2D eigenvalue weighted by atomic mass is 35.5. The van der Waals surface area contributed by atoms with Crippen LogP contribution in [0.1, 0.15) is 0 Å². The van der Waals surface area contributed by atoms with Gasteiger partial charge in [0.1, 0.15) is 0 Å². The summed E-state index contributed by atoms with van der Waals surface area (Å²) >= 11 is 4.34. The molecule has 0 saturated carbocycles. The van der Waals surface area contributed by atoms with Gasteiger partial charge in [0.25, 0.3) is 0 Å². The van der Waals surface area contributed by atoms with Crippen molar-refractivity contribution in [1.29, 1.82) is 0 Å². The number of rotatable bonds is 1. The summed E-state index contributed by atoms with van der Waals surface area (Å²) in [6.07, 6.45) is -12.3. The molecule has 0 bridgehead atoms. The third-order valence-corrected chi connectivity index (χ3v) is 1.42. The van der Waals surface area contributed by atoms with E-state index in [9.17, 15) is 30.7 Å². The number of hydrogen-bond acceptors (Lipinski definition) is 0. The van der Waals surface area contributed by atoms with Gasteiger partial charge in [0.05, 0.1) is 5.03 Å². The SMILES string of the molecule is C=C(Cl)C(F)(C(F)(F)F)C(F)(F)F. The number of allylic oxidation sites excluding steroid dienone is 1. The van der Waals surface area contributed by atoms with Gasteiger partial charge in [-0.3, -0.25) is 0 Å². The Balaban J connectivity index is 5.35. The van der Waals surface area contributed by atoms with E-state index in [1.165, 1.54) is 0 Å². The minimum absolute atomic E-state index is 2.11. The second-order valence-electron chi connectivity index (χ2n) is 2.06. The van der Waals surface area contributed by atoms with Crippen molar-refractivity contribution in [3.05, 3.63) is 11.6 Å². The molecule has 0 nitrogen and oxygen atoms in total. The van der Waals surface area contributed by atoms with E-state index in [2.05, 4.69) is 18.2 Å². The van der Waals surface area contributed by atoms with Gasteiger partial charge >= 0.3 is 18.0 Å². The Bertz CT molecular complexity index is 198. The number of halogens is 8. The van der Waals surface area contributed by atoms with Crippen LogP contribution in [-0.4, -0.2) is 18.0 Å². The summed E-state index contributed by atoms with van der Waals surface area (Å²) in [6.45, 7) is 2.11. The number of alkyl halides is 7. The summed E-state index contributed by atoms with van der Waals surface area (Å²) in [5.74, 6) is 0. The fraction of sp³-hybridized carbons (Fsp3) is 0.600. The molecular weight excluding hydrogens is 228 g/mol. The smallest absolute Gasteiger partial charge is 0.217 e. The van der Waals surface area contributed by atoms with Crippen LogP contribution in [0.15, 0.2) is 11.6 Å². The maximum Gasteiger partial charge on any atom is 0.436 e. The van der Waals surface area contributed by atoms with Crippen LogP contribution in [0.3, 0.4) is 0 Å². The first-order chi connectivity index (χ1) is 5.44. The molecule has 8 heteroatoms. The molecule has 0 N–H and O–H groups in total. The van der Waals surface area contributed by atoms with Crippen LogP contribution in [0.4, 0.5) is 30.7 Å². The first kappa shape index (κ1) is 12.5. The highest BCUT2D eigenvalue weighted by Crippen LogP contribution is 2.51. The largest absolute Gasteiger partial charge is 0.436 e. The molecule has 0 saturated heterocycles. The Morgan fingerprint density at radius 1 is 0.846 bits per heavy atom. The molecule has 0 aliphatic rings. The zero-order chi connectivity index (χ0) is 11.1. The van der Waals surface area contributed by atoms with E-state index in [1.807, 2.05) is 0 Å². The highest BCUT2D eigenvalue weighted by molar-refractivity contribution is 6.30. The fourth-order valence-electron chi connectivity index (χ4n) is 0.468. The van der Waals surface area contributed by atoms with Crippen molar-refractivity contribution in [3.8, 4) is 0 Å². The lowest BCUT2D eigenvalue weighted by Gasteiger charge is -2.28. The van der Waals surface area contributed by atoms with E-state index < -0.39 is 23.1 Å². The van der Waals surface area contributed by atoms with E-state index in [1.54, 1.807) is 0 Å². The minimum atomic E-state index is -6.16. The Kier molecular flexibility index (Phi) is 2.93. The Morgan fingerprint density at radius 3 is 1.08 bits per heavy atom. The fourth-order valence-corrected chi connectivity index (χ4v) is 0.683. The molecule has 0 heterocycles. The predicted molar refractivity (Wildman–Crippen MR) is 30.9 cm³/mol. The average Bonchev–Trinajstić information content (AvgIpc) is 1.80. The van der Waals surface area contributed by atoms with Crippen molar-refractivity contribution >= 4 is 11.6 Å². The van der Waals surface area contributed by atoms with Crippen molar-refractivity contribution in [1.82, 2.24) is 0 Å². The summed E-state index contributed by atoms with van der Waals surface area (Å²) in [7, 11) is 0. The quantitative estimate of drug-likeness (QED) is 0.604. The second kappa shape index (κ2) is 3.04. The van der Waals surface area contributed by atoms with Crippen LogP contribution < -0.4 is 0 Å². The molecule has 0 aliphatic carbocycles. The first-order valence-corrected chi connectivity index (χ1v) is 2.99. The van der Waals surface area contributed by atoms with Gasteiger partial charge in [0.15, 0.2) is 0 Å². The molecule has 0 aromatic heterocycles. The van der Waals surface area contributed by atoms with E-state index in [0.717, 1.165) is 0 Å². The van der Waals surface area contributed by atoms with Crippen LogP contribution in [0, 0.1) is 0 Å². The molecule has 0 aliphatic heterocycles. The number of hydrogen-bond donors (Lipinski definition) is 0. The lowest BCUT2D eigenvalue weighted by atomic mass is 10.1. The molecule has 0 aromatic carbocycles. The topological polar surface area (TPSA) is 0 Å². The van der Waals surface area contributed by atoms with Crippen LogP contribution in [0.2, 0.25) is 0 Å². The van der Waals surface area contributed by atoms with Gasteiger partial charge in [0, 0.05) is 0 Å². The van der Waals surface area contributed by atoms with Gasteiger partial charge in [-0.05, 0) is 0 Å². The second-order valence-corrected chi connectivity index (χ2v) is 2.52. The molecular formula is C5H2ClF7. The summed E-state index contributed by atoms with van der Waals surface area (Å²) in [5, 5.41) is -2.16. The Morgan fingerprint density at radius 2 is 1.08 bits per heavy atom. The third kappa shape index (κ3) is 1.90. The molecule has 13 heavy (non-hydrogen) atoms. The van der Waals surface area contributed by atoms with Crippen LogP contribution in [0.5, 0.6) is 0 Å². The molecule has 0 rings (SSSR count). The van der Waals surface area contributed by atoms with Gasteiger partial charge in [-0.1, -0.05) is 18.2 Å². The van der Waals surface area contributed by atoms with Gasteiger partial charge in [0.2, 0.25) is 0 Å². The average molecular weight is 231 g/mol. The normalized spacial score (nSPS) is 14.5. The van der Waals surface area contributed by atoms with Gasteiger partial charge in [-0.2, -0.15) is 26.3 Å². The maximum absolute atomic E-state index is 12.4. The first-order valence-electron chi connectivity index (χ1n) is 2.62. The zero-order valence-corrected chi connectivity index (χ0v) is 6.49. The molecule has 0 fully saturated rings. The van der Waals surface area contributed by atoms with Crippen molar-refractivity contribution in [2.24, 2.45) is 0 Å². The van der Waals surface area contributed by atoms with Crippen LogP contribution in [-0.2, 0) is 0 Å². The summed E-state index contributed by atoms with van der Waals surface area (Å²) < 4.78 is 82.1. The molecule has 0 unspecified atom stereocenters. The lowest BCUT2D eigenvalue weighted by Crippen LogP contribution is -2.53. The monoisotopic (exact) mass is 230 g/mol. The van der Waals surface area contributed by atoms with Crippen molar-refractivity contribution < 1.29 is 30.7 Å². The summed E-state index contributed by atoms with van der Waals surface area (Å²) in [4.78, 5) is 0. The van der Waals surface area contributed by atoms with Crippen molar-refractivity contribution in [3.63, 3.8) is 0 Å². The van der Waals surface area contributed by atoms with E-state index in [4.69, 9.17) is 0 Å². The van der Waals surface area contributed by atoms with E-state index in [0.29, 0.717) is 0 Å². The van der Waals surface area contributed by atoms with Gasteiger partial charge in [-0.25, -0.2) is 4.39 Å². The summed E-state index contributed by atoms with van der Waals surface area (Å²) in [5.41, 5.74) is -5.55. The molecule has 0 spiro atoms. The highest BCUT2D eigenvalue weighted by Gasteiger charge is 2.74. The van der Waals surface area contributed by atoms with Gasteiger partial charge in [-0.15, -0.1) is 0 Å². The van der Waals surface area contributed by atoms with Crippen molar-refractivity contribution in [2.45, 2.75) is 18.0 Å². The lowest BCUT2D eigenvalue weighted by molar-refractivity contribution is -0.323. The Hall–Kier alpha value is -0.460. The summed E-state index contributed by atoms with van der Waals surface area (Å²) in [6, 6.07) is 0. The Labute approximate surface area is 73.0 Å². The van der Waals surface area contributed by atoms with Crippen LogP contribution in [0.25, 0.3) is 0 Å². The van der Waals surface area contributed by atoms with E-state index in [-0.39, 0.29) is 0 Å². The molecule has 78 valence electrons. The van der Waals surface area contributed by atoms with Crippen molar-refractivity contribution in [2.75, 3.05) is 0 Å². The predicted octanol–water partition coefficient (Wildman–Crippen LogP) is 3.57. The standard InChI is InChI=1S/C5H2ClF7/c1-2(6)3(7,4(8,9)10)5(11,12)13/h1H2. The van der Waals surface area contributed by atoms with Gasteiger partial charge < -0.3 is 0 Å². The zero-order valence-electron chi connectivity index (χ0n) is 5.73. The molecule has 0 aromatic rings.